The third-order valence-corrected chi connectivity index (χ3v) is 3.15. The number of urea groups is 1. The standard InChI is InChI=1S/C12H12N4O4/c1-7-13-9(20-15-7)6-16-10(17)12(2,14-11(16)18)8-4-3-5-19-8/h3-5H,6H2,1-2H3,(H,14,18)/t12-/m1/s1. The van der Waals surface area contributed by atoms with Gasteiger partial charge in [0.25, 0.3) is 5.91 Å². The molecule has 2 aromatic rings. The largest absolute Gasteiger partial charge is 0.466 e. The Morgan fingerprint density at radius 1 is 1.45 bits per heavy atom. The second kappa shape index (κ2) is 4.19. The Balaban J connectivity index is 1.87. The monoisotopic (exact) mass is 276 g/mol. The van der Waals surface area contributed by atoms with Gasteiger partial charge in [-0.1, -0.05) is 5.16 Å². The van der Waals surface area contributed by atoms with Crippen molar-refractivity contribution >= 4 is 11.9 Å². The van der Waals surface area contributed by atoms with E-state index in [9.17, 15) is 9.59 Å². The SMILES string of the molecule is Cc1noc(CN2C(=O)N[C@](C)(c3ccco3)C2=O)n1. The van der Waals surface area contributed by atoms with E-state index in [1.165, 1.54) is 6.26 Å². The molecule has 0 unspecified atom stereocenters. The van der Waals surface area contributed by atoms with Crippen molar-refractivity contribution in [1.82, 2.24) is 20.4 Å². The first-order valence-corrected chi connectivity index (χ1v) is 5.98. The second-order valence-corrected chi connectivity index (χ2v) is 4.66. The van der Waals surface area contributed by atoms with Gasteiger partial charge in [0.1, 0.15) is 12.3 Å². The number of furan rings is 1. The topological polar surface area (TPSA) is 101 Å². The number of imide groups is 1. The Morgan fingerprint density at radius 3 is 2.85 bits per heavy atom. The van der Waals surface area contributed by atoms with Crippen molar-refractivity contribution in [3.05, 3.63) is 35.9 Å². The molecular weight excluding hydrogens is 264 g/mol. The van der Waals surface area contributed by atoms with E-state index >= 15 is 0 Å². The summed E-state index contributed by atoms with van der Waals surface area (Å²) in [7, 11) is 0. The Hall–Kier alpha value is -2.64. The van der Waals surface area contributed by atoms with Gasteiger partial charge in [-0.25, -0.2) is 4.79 Å². The first kappa shape index (κ1) is 12.4. The van der Waals surface area contributed by atoms with Crippen LogP contribution in [0.15, 0.2) is 27.3 Å². The molecule has 8 heteroatoms. The fourth-order valence-electron chi connectivity index (χ4n) is 2.11. The molecule has 1 N–H and O–H groups in total. The molecule has 0 saturated carbocycles. The van der Waals surface area contributed by atoms with Crippen molar-refractivity contribution in [2.45, 2.75) is 25.9 Å². The summed E-state index contributed by atoms with van der Waals surface area (Å²) in [6.45, 7) is 3.18. The molecule has 1 aliphatic rings. The van der Waals surface area contributed by atoms with Crippen LogP contribution >= 0.6 is 0 Å². The summed E-state index contributed by atoms with van der Waals surface area (Å²) in [6.07, 6.45) is 1.45. The van der Waals surface area contributed by atoms with Crippen molar-refractivity contribution in [1.29, 1.82) is 0 Å². The third kappa shape index (κ3) is 1.77. The van der Waals surface area contributed by atoms with Crippen molar-refractivity contribution in [2.75, 3.05) is 0 Å². The Labute approximate surface area is 113 Å². The van der Waals surface area contributed by atoms with E-state index in [1.807, 2.05) is 0 Å². The van der Waals surface area contributed by atoms with Crippen molar-refractivity contribution < 1.29 is 18.5 Å². The highest BCUT2D eigenvalue weighted by Gasteiger charge is 2.51. The van der Waals surface area contributed by atoms with E-state index in [2.05, 4.69) is 15.5 Å². The molecule has 1 aliphatic heterocycles. The zero-order valence-electron chi connectivity index (χ0n) is 10.9. The number of nitrogens with zero attached hydrogens (tertiary/aromatic N) is 3. The Kier molecular flexibility index (Phi) is 2.60. The first-order valence-electron chi connectivity index (χ1n) is 5.98. The smallest absolute Gasteiger partial charge is 0.325 e. The van der Waals surface area contributed by atoms with Gasteiger partial charge in [-0.2, -0.15) is 4.98 Å². The highest BCUT2D eigenvalue weighted by Crippen LogP contribution is 2.29. The van der Waals surface area contributed by atoms with Gasteiger partial charge in [0.15, 0.2) is 11.4 Å². The molecule has 1 atom stereocenters. The second-order valence-electron chi connectivity index (χ2n) is 4.66. The molecule has 3 amide bonds. The van der Waals surface area contributed by atoms with E-state index in [0.717, 1.165) is 4.90 Å². The number of amides is 3. The van der Waals surface area contributed by atoms with Crippen LogP contribution in [-0.2, 0) is 16.9 Å². The predicted octanol–water partition coefficient (Wildman–Crippen LogP) is 0.938. The van der Waals surface area contributed by atoms with E-state index in [0.29, 0.717) is 11.6 Å². The number of carbonyl (C=O) groups excluding carboxylic acids is 2. The van der Waals surface area contributed by atoms with Crippen LogP contribution in [0.4, 0.5) is 4.79 Å². The summed E-state index contributed by atoms with van der Waals surface area (Å²) in [6, 6.07) is 2.77. The number of rotatable bonds is 3. The molecule has 3 rings (SSSR count). The van der Waals surface area contributed by atoms with Crippen LogP contribution in [0.2, 0.25) is 0 Å². The first-order chi connectivity index (χ1) is 9.50. The minimum Gasteiger partial charge on any atom is -0.466 e. The molecule has 0 bridgehead atoms. The maximum absolute atomic E-state index is 12.4. The number of aromatic nitrogens is 2. The van der Waals surface area contributed by atoms with Crippen molar-refractivity contribution in [2.24, 2.45) is 0 Å². The minimum atomic E-state index is -1.21. The summed E-state index contributed by atoms with van der Waals surface area (Å²) in [4.78, 5) is 29.4. The van der Waals surface area contributed by atoms with Crippen LogP contribution in [0.1, 0.15) is 24.4 Å². The number of nitrogens with one attached hydrogen (secondary N) is 1. The average Bonchev–Trinajstić information content (AvgIpc) is 3.09. The molecule has 8 nitrogen and oxygen atoms in total. The fraction of sp³-hybridized carbons (Fsp3) is 0.333. The summed E-state index contributed by atoms with van der Waals surface area (Å²) in [5.74, 6) is 0.601. The highest BCUT2D eigenvalue weighted by molar-refractivity contribution is 6.06. The molecule has 104 valence electrons. The molecule has 1 fully saturated rings. The maximum atomic E-state index is 12.4. The minimum absolute atomic E-state index is 0.0677. The fourth-order valence-corrected chi connectivity index (χ4v) is 2.11. The molecule has 3 heterocycles. The van der Waals surface area contributed by atoms with E-state index in [4.69, 9.17) is 8.94 Å². The maximum Gasteiger partial charge on any atom is 0.325 e. The number of carbonyl (C=O) groups is 2. The Morgan fingerprint density at radius 2 is 2.25 bits per heavy atom. The van der Waals surface area contributed by atoms with Crippen LogP contribution in [0.25, 0.3) is 0 Å². The third-order valence-electron chi connectivity index (χ3n) is 3.15. The summed E-state index contributed by atoms with van der Waals surface area (Å²) < 4.78 is 10.2. The molecule has 0 spiro atoms. The lowest BCUT2D eigenvalue weighted by atomic mass is 9.99. The van der Waals surface area contributed by atoms with Crippen LogP contribution in [0, 0.1) is 6.92 Å². The Bertz CT molecular complexity index is 663. The van der Waals surface area contributed by atoms with Crippen molar-refractivity contribution in [3.63, 3.8) is 0 Å². The van der Waals surface area contributed by atoms with Gasteiger partial charge in [0.2, 0.25) is 5.89 Å². The summed E-state index contributed by atoms with van der Waals surface area (Å²) >= 11 is 0. The van der Waals surface area contributed by atoms with Crippen LogP contribution in [0.5, 0.6) is 0 Å². The number of hydrogen-bond acceptors (Lipinski definition) is 6. The van der Waals surface area contributed by atoms with Gasteiger partial charge in [-0.15, -0.1) is 0 Å². The zero-order valence-corrected chi connectivity index (χ0v) is 10.9. The van der Waals surface area contributed by atoms with Gasteiger partial charge >= 0.3 is 6.03 Å². The molecular formula is C12H12N4O4. The van der Waals surface area contributed by atoms with Gasteiger partial charge in [-0.05, 0) is 26.0 Å². The van der Waals surface area contributed by atoms with Gasteiger partial charge in [-0.3, -0.25) is 9.69 Å². The average molecular weight is 276 g/mol. The number of hydrogen-bond donors (Lipinski definition) is 1. The molecule has 2 aromatic heterocycles. The molecule has 1 saturated heterocycles. The highest BCUT2D eigenvalue weighted by atomic mass is 16.5. The van der Waals surface area contributed by atoms with Crippen LogP contribution < -0.4 is 5.32 Å². The van der Waals surface area contributed by atoms with Gasteiger partial charge in [0, 0.05) is 0 Å². The molecule has 20 heavy (non-hydrogen) atoms. The molecule has 0 aromatic carbocycles. The van der Waals surface area contributed by atoms with E-state index in [-0.39, 0.29) is 12.4 Å². The summed E-state index contributed by atoms with van der Waals surface area (Å²) in [5.41, 5.74) is -1.21. The lowest BCUT2D eigenvalue weighted by Crippen LogP contribution is -2.40. The quantitative estimate of drug-likeness (QED) is 0.837. The van der Waals surface area contributed by atoms with E-state index in [1.54, 1.807) is 26.0 Å². The lowest BCUT2D eigenvalue weighted by Gasteiger charge is -2.18. The van der Waals surface area contributed by atoms with Crippen LogP contribution in [0.3, 0.4) is 0 Å². The van der Waals surface area contributed by atoms with Crippen molar-refractivity contribution in [3.8, 4) is 0 Å². The zero-order chi connectivity index (χ0) is 14.3. The molecule has 0 radical (unpaired) electrons. The van der Waals surface area contributed by atoms with E-state index < -0.39 is 17.5 Å². The predicted molar refractivity (Wildman–Crippen MR) is 64.2 cm³/mol. The van der Waals surface area contributed by atoms with Crippen LogP contribution in [-0.4, -0.2) is 27.0 Å². The number of aryl methyl sites for hydroxylation is 1. The summed E-state index contributed by atoms with van der Waals surface area (Å²) in [5, 5.41) is 6.23. The van der Waals surface area contributed by atoms with Gasteiger partial charge < -0.3 is 14.3 Å². The van der Waals surface area contributed by atoms with Gasteiger partial charge in [0.05, 0.1) is 6.26 Å². The lowest BCUT2D eigenvalue weighted by molar-refractivity contribution is -0.132. The normalized spacial score (nSPS) is 22.4. The molecule has 0 aliphatic carbocycles.